The fourth-order valence-electron chi connectivity index (χ4n) is 3.33. The van der Waals surface area contributed by atoms with Gasteiger partial charge in [0.05, 0.1) is 11.6 Å². The molecular formula is C19H35N5S. The van der Waals surface area contributed by atoms with Crippen molar-refractivity contribution < 1.29 is 0 Å². The minimum absolute atomic E-state index is 0.569. The molecule has 2 heterocycles. The Morgan fingerprint density at radius 1 is 1.32 bits per heavy atom. The Bertz CT molecular complexity index is 520. The summed E-state index contributed by atoms with van der Waals surface area (Å²) in [7, 11) is 0. The maximum Gasteiger partial charge on any atom is 0.191 e. The molecule has 0 aliphatic carbocycles. The molecule has 2 N–H and O–H groups in total. The van der Waals surface area contributed by atoms with Crippen molar-refractivity contribution >= 4 is 17.3 Å². The Labute approximate surface area is 157 Å². The highest BCUT2D eigenvalue weighted by Crippen LogP contribution is 2.18. The highest BCUT2D eigenvalue weighted by atomic mass is 32.1. The molecule has 1 fully saturated rings. The van der Waals surface area contributed by atoms with Gasteiger partial charge >= 0.3 is 0 Å². The summed E-state index contributed by atoms with van der Waals surface area (Å²) in [6.07, 6.45) is 6.80. The predicted octanol–water partition coefficient (Wildman–Crippen LogP) is 3.06. The van der Waals surface area contributed by atoms with Crippen LogP contribution >= 0.6 is 11.3 Å². The van der Waals surface area contributed by atoms with Crippen molar-refractivity contribution in [1.82, 2.24) is 20.5 Å². The first-order valence-electron chi connectivity index (χ1n) is 9.76. The van der Waals surface area contributed by atoms with Crippen LogP contribution in [0.4, 0.5) is 0 Å². The largest absolute Gasteiger partial charge is 0.357 e. The highest BCUT2D eigenvalue weighted by Gasteiger charge is 2.22. The van der Waals surface area contributed by atoms with E-state index in [1.807, 2.05) is 6.20 Å². The minimum Gasteiger partial charge on any atom is -0.357 e. The number of hydrogen-bond acceptors (Lipinski definition) is 4. The number of nitrogens with one attached hydrogen (secondary N) is 2. The van der Waals surface area contributed by atoms with Gasteiger partial charge in [-0.1, -0.05) is 13.8 Å². The van der Waals surface area contributed by atoms with Gasteiger partial charge in [-0.3, -0.25) is 9.89 Å². The lowest BCUT2D eigenvalue weighted by Crippen LogP contribution is -2.41. The Balaban J connectivity index is 1.86. The van der Waals surface area contributed by atoms with Gasteiger partial charge in [-0.15, -0.1) is 11.3 Å². The summed E-state index contributed by atoms with van der Waals surface area (Å²) in [5, 5.41) is 8.03. The zero-order valence-corrected chi connectivity index (χ0v) is 17.2. The van der Waals surface area contributed by atoms with E-state index in [1.54, 1.807) is 11.3 Å². The quantitative estimate of drug-likeness (QED) is 0.522. The lowest BCUT2D eigenvalue weighted by Gasteiger charge is -2.28. The van der Waals surface area contributed by atoms with Gasteiger partial charge in [-0.05, 0) is 52.1 Å². The molecule has 0 radical (unpaired) electrons. The number of nitrogens with zero attached hydrogens (tertiary/aromatic N) is 3. The SMILES string of the molecule is CCNC(=NCC(CC(C)C)N1CCCC1)NCCc1ncc(C)s1. The maximum absolute atomic E-state index is 4.88. The summed E-state index contributed by atoms with van der Waals surface area (Å²) in [4.78, 5) is 13.2. The second-order valence-corrected chi connectivity index (χ2v) is 8.61. The molecule has 1 aliphatic rings. The van der Waals surface area contributed by atoms with Crippen molar-refractivity contribution in [1.29, 1.82) is 0 Å². The van der Waals surface area contributed by atoms with Crippen LogP contribution in [0.15, 0.2) is 11.2 Å². The van der Waals surface area contributed by atoms with Crippen LogP contribution in [0.25, 0.3) is 0 Å². The number of thiazole rings is 1. The summed E-state index contributed by atoms with van der Waals surface area (Å²) in [6.45, 7) is 14.0. The van der Waals surface area contributed by atoms with Crippen molar-refractivity contribution in [2.75, 3.05) is 32.7 Å². The lowest BCUT2D eigenvalue weighted by atomic mass is 10.0. The van der Waals surface area contributed by atoms with E-state index in [0.717, 1.165) is 32.0 Å². The van der Waals surface area contributed by atoms with Gasteiger partial charge in [0, 0.05) is 36.6 Å². The van der Waals surface area contributed by atoms with E-state index in [2.05, 4.69) is 48.2 Å². The fraction of sp³-hybridized carbons (Fsp3) is 0.789. The van der Waals surface area contributed by atoms with Gasteiger partial charge in [0.1, 0.15) is 0 Å². The Morgan fingerprint density at radius 2 is 2.08 bits per heavy atom. The van der Waals surface area contributed by atoms with Crippen molar-refractivity contribution in [3.05, 3.63) is 16.1 Å². The summed E-state index contributed by atoms with van der Waals surface area (Å²) >= 11 is 1.78. The highest BCUT2D eigenvalue weighted by molar-refractivity contribution is 7.11. The second-order valence-electron chi connectivity index (χ2n) is 7.29. The molecule has 0 amide bonds. The van der Waals surface area contributed by atoms with E-state index in [-0.39, 0.29) is 0 Å². The Hall–Kier alpha value is -1.14. The molecule has 142 valence electrons. The van der Waals surface area contributed by atoms with Gasteiger partial charge in [0.15, 0.2) is 5.96 Å². The van der Waals surface area contributed by atoms with E-state index >= 15 is 0 Å². The fourth-order valence-corrected chi connectivity index (χ4v) is 4.12. The molecule has 0 bridgehead atoms. The van der Waals surface area contributed by atoms with E-state index in [1.165, 1.54) is 42.2 Å². The average Bonchev–Trinajstić information content (AvgIpc) is 3.22. The molecule has 1 aliphatic heterocycles. The first kappa shape index (κ1) is 20.2. The molecule has 25 heavy (non-hydrogen) atoms. The van der Waals surface area contributed by atoms with Crippen LogP contribution in [0.2, 0.25) is 0 Å². The van der Waals surface area contributed by atoms with Gasteiger partial charge in [0.25, 0.3) is 0 Å². The van der Waals surface area contributed by atoms with Crippen LogP contribution in [-0.4, -0.2) is 54.6 Å². The second kappa shape index (κ2) is 10.8. The van der Waals surface area contributed by atoms with Crippen LogP contribution < -0.4 is 10.6 Å². The number of guanidine groups is 1. The molecule has 0 saturated carbocycles. The number of aliphatic imine (C=N–C) groups is 1. The number of rotatable bonds is 9. The molecular weight excluding hydrogens is 330 g/mol. The van der Waals surface area contributed by atoms with Crippen LogP contribution in [0.1, 0.15) is 49.9 Å². The van der Waals surface area contributed by atoms with Crippen molar-refractivity contribution in [2.45, 2.75) is 59.4 Å². The van der Waals surface area contributed by atoms with Crippen LogP contribution in [0.3, 0.4) is 0 Å². The summed E-state index contributed by atoms with van der Waals surface area (Å²) in [5.41, 5.74) is 0. The standard InChI is InChI=1S/C19H35N5S/c1-5-20-19(21-9-8-18-22-13-16(4)25-18)23-14-17(12-15(2)3)24-10-6-7-11-24/h13,15,17H,5-12,14H2,1-4H3,(H2,20,21,23). The third-order valence-corrected chi connectivity index (χ3v) is 5.48. The van der Waals surface area contributed by atoms with Gasteiger partial charge in [-0.2, -0.15) is 0 Å². The van der Waals surface area contributed by atoms with Crippen LogP contribution in [0, 0.1) is 12.8 Å². The number of likely N-dealkylation sites (tertiary alicyclic amines) is 1. The van der Waals surface area contributed by atoms with Crippen LogP contribution in [-0.2, 0) is 6.42 Å². The summed E-state index contributed by atoms with van der Waals surface area (Å²) in [5.74, 6) is 1.65. The van der Waals surface area contributed by atoms with Crippen LogP contribution in [0.5, 0.6) is 0 Å². The normalized spacial score (nSPS) is 17.2. The zero-order valence-electron chi connectivity index (χ0n) is 16.3. The van der Waals surface area contributed by atoms with Crippen molar-refractivity contribution in [3.63, 3.8) is 0 Å². The number of aryl methyl sites for hydroxylation is 1. The minimum atomic E-state index is 0.569. The molecule has 0 aromatic carbocycles. The predicted molar refractivity (Wildman–Crippen MR) is 109 cm³/mol. The lowest BCUT2D eigenvalue weighted by molar-refractivity contribution is 0.218. The van der Waals surface area contributed by atoms with Gasteiger partial charge in [-0.25, -0.2) is 4.98 Å². The first-order chi connectivity index (χ1) is 12.1. The topological polar surface area (TPSA) is 52.6 Å². The van der Waals surface area contributed by atoms with E-state index in [4.69, 9.17) is 4.99 Å². The summed E-state index contributed by atoms with van der Waals surface area (Å²) in [6, 6.07) is 0.569. The number of aromatic nitrogens is 1. The Kier molecular flexibility index (Phi) is 8.68. The number of hydrogen-bond donors (Lipinski definition) is 2. The van der Waals surface area contributed by atoms with E-state index in [9.17, 15) is 0 Å². The molecule has 1 aromatic rings. The Morgan fingerprint density at radius 3 is 2.68 bits per heavy atom. The third kappa shape index (κ3) is 7.32. The average molecular weight is 366 g/mol. The maximum atomic E-state index is 4.88. The molecule has 1 saturated heterocycles. The molecule has 1 unspecified atom stereocenters. The van der Waals surface area contributed by atoms with Crippen molar-refractivity contribution in [3.8, 4) is 0 Å². The monoisotopic (exact) mass is 365 g/mol. The van der Waals surface area contributed by atoms with Crippen molar-refractivity contribution in [2.24, 2.45) is 10.9 Å². The van der Waals surface area contributed by atoms with Gasteiger partial charge < -0.3 is 10.6 Å². The smallest absolute Gasteiger partial charge is 0.191 e. The molecule has 6 heteroatoms. The third-order valence-electron chi connectivity index (χ3n) is 4.51. The molecule has 1 aromatic heterocycles. The molecule has 5 nitrogen and oxygen atoms in total. The van der Waals surface area contributed by atoms with Gasteiger partial charge in [0.2, 0.25) is 0 Å². The van der Waals surface area contributed by atoms with E-state index in [0.29, 0.717) is 12.0 Å². The zero-order chi connectivity index (χ0) is 18.1. The summed E-state index contributed by atoms with van der Waals surface area (Å²) < 4.78 is 0. The molecule has 2 rings (SSSR count). The molecule has 1 atom stereocenters. The first-order valence-corrected chi connectivity index (χ1v) is 10.6. The van der Waals surface area contributed by atoms with E-state index < -0.39 is 0 Å². The molecule has 0 spiro atoms.